The van der Waals surface area contributed by atoms with Crippen molar-refractivity contribution in [1.82, 2.24) is 15.1 Å². The van der Waals surface area contributed by atoms with E-state index in [0.717, 1.165) is 20.7 Å². The second-order valence-corrected chi connectivity index (χ2v) is 5.08. The molecule has 18 heavy (non-hydrogen) atoms. The highest BCUT2D eigenvalue weighted by atomic mass is 127. The fourth-order valence-corrected chi connectivity index (χ4v) is 2.01. The molecule has 1 N–H and O–H groups in total. The van der Waals surface area contributed by atoms with E-state index in [1.54, 1.807) is 17.0 Å². The van der Waals surface area contributed by atoms with Gasteiger partial charge in [0, 0.05) is 5.69 Å². The van der Waals surface area contributed by atoms with Crippen molar-refractivity contribution in [3.8, 4) is 0 Å². The van der Waals surface area contributed by atoms with E-state index >= 15 is 0 Å². The lowest BCUT2D eigenvalue weighted by Crippen LogP contribution is -2.27. The summed E-state index contributed by atoms with van der Waals surface area (Å²) in [4.78, 5) is 11.8. The highest BCUT2D eigenvalue weighted by molar-refractivity contribution is 14.1. The summed E-state index contributed by atoms with van der Waals surface area (Å²) in [6.07, 6.45) is 1.59. The largest absolute Gasteiger partial charge is 0.467 e. The molecule has 5 nitrogen and oxygen atoms in total. The van der Waals surface area contributed by atoms with Gasteiger partial charge in [0.2, 0.25) is 5.91 Å². The molecule has 0 aromatic carbocycles. The van der Waals surface area contributed by atoms with E-state index in [9.17, 15) is 4.79 Å². The van der Waals surface area contributed by atoms with Crippen molar-refractivity contribution in [3.05, 3.63) is 39.1 Å². The Labute approximate surface area is 119 Å². The summed E-state index contributed by atoms with van der Waals surface area (Å²) >= 11 is 2.24. The highest BCUT2D eigenvalue weighted by Gasteiger charge is 2.11. The van der Waals surface area contributed by atoms with E-state index < -0.39 is 0 Å². The van der Waals surface area contributed by atoms with E-state index in [0.29, 0.717) is 6.54 Å². The van der Waals surface area contributed by atoms with Gasteiger partial charge in [-0.1, -0.05) is 0 Å². The first-order valence-corrected chi connectivity index (χ1v) is 6.64. The number of nitrogens with one attached hydrogen (secondary N) is 1. The van der Waals surface area contributed by atoms with Crippen molar-refractivity contribution in [2.75, 3.05) is 0 Å². The number of furan rings is 1. The van der Waals surface area contributed by atoms with Gasteiger partial charge in [-0.2, -0.15) is 5.10 Å². The molecule has 0 aliphatic carbocycles. The van der Waals surface area contributed by atoms with Gasteiger partial charge >= 0.3 is 0 Å². The number of carbonyl (C=O) groups is 1. The predicted molar refractivity (Wildman–Crippen MR) is 75.0 cm³/mol. The second kappa shape index (κ2) is 5.55. The zero-order chi connectivity index (χ0) is 13.1. The van der Waals surface area contributed by atoms with Crippen LogP contribution in [0.2, 0.25) is 0 Å². The average molecular weight is 359 g/mol. The number of carbonyl (C=O) groups excluding carboxylic acids is 1. The lowest BCUT2D eigenvalue weighted by Gasteiger charge is -2.05. The number of amides is 1. The molecule has 96 valence electrons. The van der Waals surface area contributed by atoms with Gasteiger partial charge in [-0.05, 0) is 48.6 Å². The SMILES string of the molecule is Cc1nn(CC(=O)NCc2ccco2)c(C)c1I. The quantitative estimate of drug-likeness (QED) is 0.850. The third kappa shape index (κ3) is 2.92. The number of nitrogens with zero attached hydrogens (tertiary/aromatic N) is 2. The number of halogens is 1. The molecule has 2 rings (SSSR count). The molecule has 2 aromatic heterocycles. The van der Waals surface area contributed by atoms with Crippen molar-refractivity contribution in [2.45, 2.75) is 26.9 Å². The van der Waals surface area contributed by atoms with Crippen molar-refractivity contribution in [1.29, 1.82) is 0 Å². The summed E-state index contributed by atoms with van der Waals surface area (Å²) in [5.41, 5.74) is 1.97. The van der Waals surface area contributed by atoms with Gasteiger partial charge in [-0.25, -0.2) is 0 Å². The fourth-order valence-electron chi connectivity index (χ4n) is 1.62. The Hall–Kier alpha value is -1.31. The zero-order valence-corrected chi connectivity index (χ0v) is 12.4. The van der Waals surface area contributed by atoms with Gasteiger partial charge in [-0.15, -0.1) is 0 Å². The first-order valence-electron chi connectivity index (χ1n) is 5.56. The van der Waals surface area contributed by atoms with E-state index in [1.165, 1.54) is 0 Å². The molecular formula is C12H14IN3O2. The summed E-state index contributed by atoms with van der Waals surface area (Å²) < 4.78 is 7.96. The van der Waals surface area contributed by atoms with E-state index in [4.69, 9.17) is 4.42 Å². The molecule has 0 unspecified atom stereocenters. The van der Waals surface area contributed by atoms with Gasteiger partial charge in [0.25, 0.3) is 0 Å². The normalized spacial score (nSPS) is 10.6. The Kier molecular flexibility index (Phi) is 4.05. The van der Waals surface area contributed by atoms with Crippen LogP contribution < -0.4 is 5.32 Å². The molecule has 0 radical (unpaired) electrons. The molecule has 0 aliphatic heterocycles. The van der Waals surface area contributed by atoms with Gasteiger partial charge in [0.1, 0.15) is 12.3 Å². The maximum Gasteiger partial charge on any atom is 0.242 e. The van der Waals surface area contributed by atoms with Crippen LogP contribution in [-0.2, 0) is 17.9 Å². The van der Waals surface area contributed by atoms with Crippen LogP contribution in [0.15, 0.2) is 22.8 Å². The van der Waals surface area contributed by atoms with E-state index in [1.807, 2.05) is 19.9 Å². The van der Waals surface area contributed by atoms with Gasteiger partial charge in [0.15, 0.2) is 0 Å². The van der Waals surface area contributed by atoms with Crippen LogP contribution in [0.5, 0.6) is 0 Å². The number of hydrogen-bond acceptors (Lipinski definition) is 3. The highest BCUT2D eigenvalue weighted by Crippen LogP contribution is 2.14. The second-order valence-electron chi connectivity index (χ2n) is 4.00. The van der Waals surface area contributed by atoms with E-state index in [-0.39, 0.29) is 12.5 Å². The van der Waals surface area contributed by atoms with Gasteiger partial charge < -0.3 is 9.73 Å². The topological polar surface area (TPSA) is 60.1 Å². The average Bonchev–Trinajstić information content (AvgIpc) is 2.93. The summed E-state index contributed by atoms with van der Waals surface area (Å²) in [7, 11) is 0. The minimum Gasteiger partial charge on any atom is -0.467 e. The fraction of sp³-hybridized carbons (Fsp3) is 0.333. The molecule has 1 amide bonds. The summed E-state index contributed by atoms with van der Waals surface area (Å²) in [6.45, 7) is 4.53. The molecule has 0 bridgehead atoms. The minimum atomic E-state index is -0.0756. The standard InChI is InChI=1S/C12H14IN3O2/c1-8-12(13)9(2)16(15-8)7-11(17)14-6-10-4-3-5-18-10/h3-5H,6-7H2,1-2H3,(H,14,17). The third-order valence-corrected chi connectivity index (χ3v) is 4.19. The Morgan fingerprint density at radius 1 is 1.56 bits per heavy atom. The van der Waals surface area contributed by atoms with E-state index in [2.05, 4.69) is 33.0 Å². The molecule has 6 heteroatoms. The zero-order valence-electron chi connectivity index (χ0n) is 10.2. The molecule has 2 aromatic rings. The third-order valence-electron chi connectivity index (χ3n) is 2.63. The Bertz CT molecular complexity index is 546. The van der Waals surface area contributed by atoms with Gasteiger partial charge in [0.05, 0.1) is 22.1 Å². The number of hydrogen-bond donors (Lipinski definition) is 1. The number of rotatable bonds is 4. The number of aryl methyl sites for hydroxylation is 1. The first-order chi connectivity index (χ1) is 8.58. The predicted octanol–water partition coefficient (Wildman–Crippen LogP) is 2.01. The molecule has 0 saturated heterocycles. The van der Waals surface area contributed by atoms with Crippen LogP contribution in [0, 0.1) is 17.4 Å². The Balaban J connectivity index is 1.93. The summed E-state index contributed by atoms with van der Waals surface area (Å²) in [6, 6.07) is 3.62. The van der Waals surface area contributed by atoms with Crippen LogP contribution in [0.3, 0.4) is 0 Å². The van der Waals surface area contributed by atoms with Crippen molar-refractivity contribution < 1.29 is 9.21 Å². The molecule has 0 spiro atoms. The van der Waals surface area contributed by atoms with Crippen molar-refractivity contribution >= 4 is 28.5 Å². The van der Waals surface area contributed by atoms with Crippen LogP contribution in [-0.4, -0.2) is 15.7 Å². The maximum atomic E-state index is 11.8. The molecule has 0 fully saturated rings. The Morgan fingerprint density at radius 3 is 2.89 bits per heavy atom. The monoisotopic (exact) mass is 359 g/mol. The minimum absolute atomic E-state index is 0.0756. The van der Waals surface area contributed by atoms with Crippen molar-refractivity contribution in [3.63, 3.8) is 0 Å². The molecule has 0 aliphatic rings. The molecule has 0 atom stereocenters. The molecule has 2 heterocycles. The summed E-state index contributed by atoms with van der Waals surface area (Å²) in [5.74, 6) is 0.666. The van der Waals surface area contributed by atoms with Crippen LogP contribution in [0.4, 0.5) is 0 Å². The summed E-state index contributed by atoms with van der Waals surface area (Å²) in [5, 5.41) is 7.11. The van der Waals surface area contributed by atoms with Crippen LogP contribution in [0.1, 0.15) is 17.1 Å². The van der Waals surface area contributed by atoms with Crippen LogP contribution in [0.25, 0.3) is 0 Å². The van der Waals surface area contributed by atoms with Crippen LogP contribution >= 0.6 is 22.6 Å². The Morgan fingerprint density at radius 2 is 2.33 bits per heavy atom. The number of aromatic nitrogens is 2. The molecule has 0 saturated carbocycles. The lowest BCUT2D eigenvalue weighted by atomic mass is 10.4. The smallest absolute Gasteiger partial charge is 0.242 e. The first kappa shape index (κ1) is 13.1. The van der Waals surface area contributed by atoms with Gasteiger partial charge in [-0.3, -0.25) is 9.48 Å². The molecular weight excluding hydrogens is 345 g/mol. The van der Waals surface area contributed by atoms with Crippen molar-refractivity contribution in [2.24, 2.45) is 0 Å². The maximum absolute atomic E-state index is 11.8. The lowest BCUT2D eigenvalue weighted by molar-refractivity contribution is -0.122.